The number of rotatable bonds is 0. The first-order valence-corrected chi connectivity index (χ1v) is 4.77. The van der Waals surface area contributed by atoms with Crippen LogP contribution in [0.1, 0.15) is 27.2 Å². The molecule has 0 aromatic rings. The van der Waals surface area contributed by atoms with E-state index in [0.717, 1.165) is 0 Å². The van der Waals surface area contributed by atoms with Gasteiger partial charge in [-0.2, -0.15) is 0 Å². The Kier molecular flexibility index (Phi) is 3.29. The third-order valence-corrected chi connectivity index (χ3v) is 1.61. The maximum atomic E-state index is 11.6. The summed E-state index contributed by atoms with van der Waals surface area (Å²) in [4.78, 5) is 23.8. The summed E-state index contributed by atoms with van der Waals surface area (Å²) in [5.41, 5.74) is -0.533. The number of hydrogen-bond acceptors (Lipinski definition) is 3. The van der Waals surface area contributed by atoms with Gasteiger partial charge in [0.25, 0.3) is 0 Å². The predicted molar refractivity (Wildman–Crippen MR) is 56.0 cm³/mol. The maximum absolute atomic E-state index is 11.6. The molecule has 1 aliphatic heterocycles. The van der Waals surface area contributed by atoms with E-state index in [1.807, 2.05) is 0 Å². The van der Waals surface area contributed by atoms with Gasteiger partial charge in [-0.1, -0.05) is 6.08 Å². The van der Waals surface area contributed by atoms with Gasteiger partial charge in [0, 0.05) is 18.8 Å². The summed E-state index contributed by atoms with van der Waals surface area (Å²) in [7, 11) is 0. The average Bonchev–Trinajstić information content (AvgIpc) is 2.26. The number of amides is 1. The molecule has 4 nitrogen and oxygen atoms in total. The van der Waals surface area contributed by atoms with Crippen molar-refractivity contribution in [3.63, 3.8) is 0 Å². The molecule has 0 radical (unpaired) electrons. The third kappa shape index (κ3) is 3.97. The van der Waals surface area contributed by atoms with Gasteiger partial charge in [-0.25, -0.2) is 4.79 Å². The molecule has 0 spiro atoms. The number of nitrogens with zero attached hydrogens (tertiary/aromatic N) is 1. The van der Waals surface area contributed by atoms with Gasteiger partial charge in [0.1, 0.15) is 5.60 Å². The largest absolute Gasteiger partial charge is 0.443 e. The minimum atomic E-state index is -0.533. The van der Waals surface area contributed by atoms with Crippen molar-refractivity contribution >= 4 is 11.9 Å². The lowest BCUT2D eigenvalue weighted by atomic mass is 10.2. The molecule has 0 saturated carbocycles. The first kappa shape index (κ1) is 11.5. The van der Waals surface area contributed by atoms with Crippen LogP contribution in [0.5, 0.6) is 0 Å². The predicted octanol–water partition coefficient (Wildman–Crippen LogP) is 2.22. The van der Waals surface area contributed by atoms with E-state index in [4.69, 9.17) is 4.74 Å². The zero-order chi connectivity index (χ0) is 11.5. The fourth-order valence-corrected chi connectivity index (χ4v) is 1.000. The summed E-state index contributed by atoms with van der Waals surface area (Å²) < 4.78 is 5.14. The minimum absolute atomic E-state index is 0.0303. The molecule has 0 aromatic carbocycles. The molecular weight excluding hydrogens is 194 g/mol. The fourth-order valence-electron chi connectivity index (χ4n) is 1.000. The number of carbonyl (C=O) groups excluding carboxylic acids is 2. The van der Waals surface area contributed by atoms with E-state index in [9.17, 15) is 9.59 Å². The van der Waals surface area contributed by atoms with E-state index in [2.05, 4.69) is 0 Å². The quantitative estimate of drug-likeness (QED) is 0.614. The van der Waals surface area contributed by atoms with Crippen molar-refractivity contribution in [3.05, 3.63) is 24.6 Å². The molecule has 0 aromatic heterocycles. The Morgan fingerprint density at radius 3 is 2.67 bits per heavy atom. The lowest BCUT2D eigenvalue weighted by molar-refractivity contribution is -0.113. The smallest absolute Gasteiger partial charge is 0.418 e. The van der Waals surface area contributed by atoms with Crippen molar-refractivity contribution in [2.45, 2.75) is 32.8 Å². The van der Waals surface area contributed by atoms with Crippen LogP contribution in [-0.4, -0.2) is 22.4 Å². The highest BCUT2D eigenvalue weighted by molar-refractivity contribution is 5.91. The molecule has 1 rings (SSSR count). The van der Waals surface area contributed by atoms with Crippen LogP contribution in [-0.2, 0) is 9.53 Å². The van der Waals surface area contributed by atoms with E-state index in [-0.39, 0.29) is 5.78 Å². The van der Waals surface area contributed by atoms with Gasteiger partial charge >= 0.3 is 6.09 Å². The molecule has 0 N–H and O–H groups in total. The average molecular weight is 209 g/mol. The van der Waals surface area contributed by atoms with Gasteiger partial charge in [-0.3, -0.25) is 9.69 Å². The monoisotopic (exact) mass is 209 g/mol. The lowest BCUT2D eigenvalue weighted by Crippen LogP contribution is -2.30. The Morgan fingerprint density at radius 1 is 1.40 bits per heavy atom. The third-order valence-electron chi connectivity index (χ3n) is 1.61. The van der Waals surface area contributed by atoms with Crippen LogP contribution in [0, 0.1) is 0 Å². The molecule has 1 amide bonds. The molecule has 1 aliphatic rings. The molecule has 0 saturated heterocycles. The van der Waals surface area contributed by atoms with Crippen LogP contribution in [0.15, 0.2) is 24.6 Å². The van der Waals surface area contributed by atoms with E-state index in [0.29, 0.717) is 6.42 Å². The maximum Gasteiger partial charge on any atom is 0.418 e. The van der Waals surface area contributed by atoms with Gasteiger partial charge in [0.15, 0.2) is 5.78 Å². The number of ether oxygens (including phenoxy) is 1. The first-order valence-electron chi connectivity index (χ1n) is 4.77. The molecule has 15 heavy (non-hydrogen) atoms. The molecule has 0 atom stereocenters. The number of hydrogen-bond donors (Lipinski definition) is 0. The zero-order valence-corrected chi connectivity index (χ0v) is 9.19. The van der Waals surface area contributed by atoms with Gasteiger partial charge < -0.3 is 4.74 Å². The fraction of sp³-hybridized carbons (Fsp3) is 0.455. The second-order valence-corrected chi connectivity index (χ2v) is 4.26. The van der Waals surface area contributed by atoms with Crippen LogP contribution in [0.3, 0.4) is 0 Å². The van der Waals surface area contributed by atoms with E-state index < -0.39 is 11.7 Å². The summed E-state index contributed by atoms with van der Waals surface area (Å²) >= 11 is 0. The molecule has 1 heterocycles. The summed E-state index contributed by atoms with van der Waals surface area (Å²) in [6, 6.07) is 0. The van der Waals surface area contributed by atoms with Gasteiger partial charge in [-0.05, 0) is 26.8 Å². The molecule has 0 bridgehead atoms. The summed E-state index contributed by atoms with van der Waals surface area (Å²) in [6.07, 6.45) is 5.78. The SMILES string of the molecule is CC(C)(C)OC(=O)N1C=CCC(=O)C=C1. The molecule has 0 unspecified atom stereocenters. The molecule has 0 fully saturated rings. The van der Waals surface area contributed by atoms with Crippen LogP contribution >= 0.6 is 0 Å². The Hall–Kier alpha value is -1.58. The molecule has 4 heteroatoms. The Labute approximate surface area is 89.2 Å². The van der Waals surface area contributed by atoms with Crippen molar-refractivity contribution in [2.24, 2.45) is 0 Å². The molecular formula is C11H15NO3. The van der Waals surface area contributed by atoms with Gasteiger partial charge in [0.2, 0.25) is 0 Å². The highest BCUT2D eigenvalue weighted by atomic mass is 16.6. The van der Waals surface area contributed by atoms with Gasteiger partial charge in [0.05, 0.1) is 0 Å². The number of allylic oxidation sites excluding steroid dienone is 2. The van der Waals surface area contributed by atoms with Crippen molar-refractivity contribution in [2.75, 3.05) is 0 Å². The van der Waals surface area contributed by atoms with Crippen LogP contribution < -0.4 is 0 Å². The lowest BCUT2D eigenvalue weighted by Gasteiger charge is -2.22. The zero-order valence-electron chi connectivity index (χ0n) is 9.19. The summed E-state index contributed by atoms with van der Waals surface area (Å²) in [5, 5.41) is 0. The molecule has 82 valence electrons. The summed E-state index contributed by atoms with van der Waals surface area (Å²) in [6.45, 7) is 5.38. The minimum Gasteiger partial charge on any atom is -0.443 e. The second-order valence-electron chi connectivity index (χ2n) is 4.26. The molecule has 0 aliphatic carbocycles. The Morgan fingerprint density at radius 2 is 2.07 bits per heavy atom. The normalized spacial score (nSPS) is 16.5. The highest BCUT2D eigenvalue weighted by Gasteiger charge is 2.20. The van der Waals surface area contributed by atoms with Crippen LogP contribution in [0.2, 0.25) is 0 Å². The Bertz CT molecular complexity index is 323. The van der Waals surface area contributed by atoms with Crippen molar-refractivity contribution in [3.8, 4) is 0 Å². The number of carbonyl (C=O) groups is 2. The second kappa shape index (κ2) is 4.29. The van der Waals surface area contributed by atoms with E-state index in [1.54, 1.807) is 26.8 Å². The van der Waals surface area contributed by atoms with Gasteiger partial charge in [-0.15, -0.1) is 0 Å². The van der Waals surface area contributed by atoms with Crippen LogP contribution in [0.4, 0.5) is 4.79 Å². The first-order chi connectivity index (χ1) is 6.88. The summed E-state index contributed by atoms with van der Waals surface area (Å²) in [5.74, 6) is -0.0303. The Balaban J connectivity index is 2.68. The van der Waals surface area contributed by atoms with Crippen molar-refractivity contribution < 1.29 is 14.3 Å². The van der Waals surface area contributed by atoms with E-state index >= 15 is 0 Å². The number of ketones is 1. The topological polar surface area (TPSA) is 46.6 Å². The van der Waals surface area contributed by atoms with Crippen molar-refractivity contribution in [1.82, 2.24) is 4.90 Å². The van der Waals surface area contributed by atoms with Crippen LogP contribution in [0.25, 0.3) is 0 Å². The van der Waals surface area contributed by atoms with E-state index in [1.165, 1.54) is 23.4 Å². The van der Waals surface area contributed by atoms with Crippen molar-refractivity contribution in [1.29, 1.82) is 0 Å². The highest BCUT2D eigenvalue weighted by Crippen LogP contribution is 2.11. The standard InChI is InChI=1S/C11H15NO3/c1-11(2,3)15-10(14)12-7-4-5-9(13)6-8-12/h4,6-8H,5H2,1-3H3.